The minimum Gasteiger partial charge on any atom is -0.299 e. The van der Waals surface area contributed by atoms with Crippen LogP contribution in [-0.2, 0) is 11.2 Å². The van der Waals surface area contributed by atoms with Crippen LogP contribution in [0.2, 0.25) is 0 Å². The summed E-state index contributed by atoms with van der Waals surface area (Å²) in [5.74, 6) is 2.65. The van der Waals surface area contributed by atoms with Crippen LogP contribution in [-0.4, -0.2) is 5.78 Å². The van der Waals surface area contributed by atoms with Crippen LogP contribution >= 0.6 is 0 Å². The Labute approximate surface area is 123 Å². The lowest BCUT2D eigenvalue weighted by atomic mass is 9.68. The first kappa shape index (κ1) is 15.3. The molecule has 0 saturated heterocycles. The van der Waals surface area contributed by atoms with Crippen LogP contribution in [0.5, 0.6) is 0 Å². The first-order chi connectivity index (χ1) is 9.47. The molecule has 0 heterocycles. The molecule has 0 radical (unpaired) electrons. The van der Waals surface area contributed by atoms with Crippen LogP contribution in [0, 0.1) is 30.6 Å². The summed E-state index contributed by atoms with van der Waals surface area (Å²) in [6.07, 6.45) is 4.22. The Bertz CT molecular complexity index is 443. The second-order valence-corrected chi connectivity index (χ2v) is 7.06. The predicted octanol–water partition coefficient (Wildman–Crippen LogP) is 4.82. The summed E-state index contributed by atoms with van der Waals surface area (Å²) in [5.41, 5.74) is 2.42. The van der Waals surface area contributed by atoms with Gasteiger partial charge in [0.2, 0.25) is 0 Å². The molecule has 1 aliphatic rings. The third kappa shape index (κ3) is 3.71. The average Bonchev–Trinajstić information content (AvgIpc) is 2.41. The van der Waals surface area contributed by atoms with Gasteiger partial charge in [0, 0.05) is 12.3 Å². The molecule has 1 heteroatoms. The summed E-state index contributed by atoms with van der Waals surface area (Å²) in [7, 11) is 0. The fourth-order valence-corrected chi connectivity index (χ4v) is 3.61. The van der Waals surface area contributed by atoms with Crippen molar-refractivity contribution in [3.63, 3.8) is 0 Å². The van der Waals surface area contributed by atoms with Gasteiger partial charge in [-0.2, -0.15) is 0 Å². The van der Waals surface area contributed by atoms with E-state index in [1.807, 2.05) is 0 Å². The van der Waals surface area contributed by atoms with Crippen molar-refractivity contribution in [1.29, 1.82) is 0 Å². The Morgan fingerprint density at radius 1 is 1.20 bits per heavy atom. The monoisotopic (exact) mass is 272 g/mol. The predicted molar refractivity (Wildman–Crippen MR) is 84.7 cm³/mol. The topological polar surface area (TPSA) is 17.1 Å². The molecule has 20 heavy (non-hydrogen) atoms. The minimum atomic E-state index is 0.278. The molecule has 0 aliphatic heterocycles. The lowest BCUT2D eigenvalue weighted by Crippen LogP contribution is -2.34. The lowest BCUT2D eigenvalue weighted by Gasteiger charge is -2.36. The molecule has 1 nitrogen and oxygen atoms in total. The van der Waals surface area contributed by atoms with Crippen molar-refractivity contribution >= 4 is 5.78 Å². The second-order valence-electron chi connectivity index (χ2n) is 7.06. The van der Waals surface area contributed by atoms with Gasteiger partial charge in [-0.25, -0.2) is 0 Å². The smallest absolute Gasteiger partial charge is 0.140 e. The second kappa shape index (κ2) is 6.56. The normalized spacial score (nSPS) is 26.8. The molecule has 1 aliphatic carbocycles. The quantitative estimate of drug-likeness (QED) is 0.768. The number of rotatable bonds is 4. The lowest BCUT2D eigenvalue weighted by molar-refractivity contribution is -0.126. The first-order valence-electron chi connectivity index (χ1n) is 8.05. The number of hydrogen-bond acceptors (Lipinski definition) is 1. The highest BCUT2D eigenvalue weighted by Gasteiger charge is 2.34. The van der Waals surface area contributed by atoms with Gasteiger partial charge < -0.3 is 0 Å². The highest BCUT2D eigenvalue weighted by atomic mass is 16.1. The summed E-state index contributed by atoms with van der Waals surface area (Å²) >= 11 is 0. The molecule has 0 N–H and O–H groups in total. The van der Waals surface area contributed by atoms with Crippen molar-refractivity contribution in [2.45, 2.75) is 53.4 Å². The molecular formula is C19H28O. The highest BCUT2D eigenvalue weighted by Crippen LogP contribution is 2.38. The van der Waals surface area contributed by atoms with E-state index in [0.29, 0.717) is 30.0 Å². The number of Topliss-reactive ketones (excluding diaryl/α,β-unsaturated/α-hetero) is 1. The van der Waals surface area contributed by atoms with Gasteiger partial charge in [0.25, 0.3) is 0 Å². The molecule has 1 fully saturated rings. The van der Waals surface area contributed by atoms with Crippen LogP contribution in [0.4, 0.5) is 0 Å². The van der Waals surface area contributed by atoms with E-state index < -0.39 is 0 Å². The molecular weight excluding hydrogens is 244 g/mol. The number of benzene rings is 1. The standard InChI is InChI=1S/C19H28O/c1-13(2)17-10-7-15(4)11-18(17)19(20)12-16-8-5-14(3)6-9-16/h5-6,8-9,13,15,17-18H,7,10-12H2,1-4H3/t15-,17+,18-/m1/s1. The van der Waals surface area contributed by atoms with Crippen molar-refractivity contribution in [2.24, 2.45) is 23.7 Å². The van der Waals surface area contributed by atoms with E-state index in [9.17, 15) is 4.79 Å². The zero-order chi connectivity index (χ0) is 14.7. The van der Waals surface area contributed by atoms with Gasteiger partial charge in [-0.3, -0.25) is 4.79 Å². The minimum absolute atomic E-state index is 0.278. The Hall–Kier alpha value is -1.11. The van der Waals surface area contributed by atoms with Gasteiger partial charge in [0.1, 0.15) is 5.78 Å². The van der Waals surface area contributed by atoms with Crippen molar-refractivity contribution in [2.75, 3.05) is 0 Å². The maximum Gasteiger partial charge on any atom is 0.140 e. The highest BCUT2D eigenvalue weighted by molar-refractivity contribution is 5.83. The first-order valence-corrected chi connectivity index (χ1v) is 8.05. The van der Waals surface area contributed by atoms with Crippen LogP contribution in [0.1, 0.15) is 51.2 Å². The Morgan fingerprint density at radius 2 is 1.85 bits per heavy atom. The van der Waals surface area contributed by atoms with E-state index in [4.69, 9.17) is 0 Å². The van der Waals surface area contributed by atoms with Crippen molar-refractivity contribution in [3.05, 3.63) is 35.4 Å². The molecule has 1 saturated carbocycles. The third-order valence-electron chi connectivity index (χ3n) is 4.93. The maximum absolute atomic E-state index is 12.7. The van der Waals surface area contributed by atoms with E-state index in [2.05, 4.69) is 52.0 Å². The molecule has 1 aromatic rings. The fraction of sp³-hybridized carbons (Fsp3) is 0.632. The molecule has 0 aromatic heterocycles. The molecule has 110 valence electrons. The number of carbonyl (C=O) groups excluding carboxylic acids is 1. The van der Waals surface area contributed by atoms with E-state index in [-0.39, 0.29) is 5.92 Å². The summed E-state index contributed by atoms with van der Waals surface area (Å²) in [6.45, 7) is 8.92. The summed E-state index contributed by atoms with van der Waals surface area (Å²) in [5, 5.41) is 0. The molecule has 0 unspecified atom stereocenters. The Morgan fingerprint density at radius 3 is 2.45 bits per heavy atom. The third-order valence-corrected chi connectivity index (χ3v) is 4.93. The van der Waals surface area contributed by atoms with Crippen LogP contribution in [0.3, 0.4) is 0 Å². The number of hydrogen-bond donors (Lipinski definition) is 0. The summed E-state index contributed by atoms with van der Waals surface area (Å²) in [6, 6.07) is 8.41. The molecule has 3 atom stereocenters. The van der Waals surface area contributed by atoms with Gasteiger partial charge in [0.15, 0.2) is 0 Å². The number of aryl methyl sites for hydroxylation is 1. The molecule has 0 spiro atoms. The zero-order valence-corrected chi connectivity index (χ0v) is 13.4. The van der Waals surface area contributed by atoms with Crippen LogP contribution < -0.4 is 0 Å². The summed E-state index contributed by atoms with van der Waals surface area (Å²) < 4.78 is 0. The Balaban J connectivity index is 2.07. The number of carbonyl (C=O) groups is 1. The largest absolute Gasteiger partial charge is 0.299 e. The van der Waals surface area contributed by atoms with Crippen LogP contribution in [0.25, 0.3) is 0 Å². The van der Waals surface area contributed by atoms with E-state index in [1.165, 1.54) is 24.0 Å². The van der Waals surface area contributed by atoms with E-state index in [0.717, 1.165) is 6.42 Å². The Kier molecular flexibility index (Phi) is 5.01. The molecule has 0 bridgehead atoms. The van der Waals surface area contributed by atoms with Crippen LogP contribution in [0.15, 0.2) is 24.3 Å². The maximum atomic E-state index is 12.7. The van der Waals surface area contributed by atoms with E-state index >= 15 is 0 Å². The van der Waals surface area contributed by atoms with Gasteiger partial charge in [-0.15, -0.1) is 0 Å². The van der Waals surface area contributed by atoms with Gasteiger partial charge in [-0.05, 0) is 43.1 Å². The van der Waals surface area contributed by atoms with Gasteiger partial charge in [0.05, 0.1) is 0 Å². The van der Waals surface area contributed by atoms with E-state index in [1.54, 1.807) is 0 Å². The molecule has 2 rings (SSSR count). The zero-order valence-electron chi connectivity index (χ0n) is 13.4. The average molecular weight is 272 g/mol. The van der Waals surface area contributed by atoms with Crippen molar-refractivity contribution in [3.8, 4) is 0 Å². The molecule has 0 amide bonds. The van der Waals surface area contributed by atoms with Gasteiger partial charge >= 0.3 is 0 Å². The van der Waals surface area contributed by atoms with Crippen molar-refractivity contribution < 1.29 is 4.79 Å². The number of ketones is 1. The summed E-state index contributed by atoms with van der Waals surface area (Å²) in [4.78, 5) is 12.7. The SMILES string of the molecule is Cc1ccc(CC(=O)[C@@H]2C[C@H](C)CC[C@H]2C(C)C)cc1. The molecule has 1 aromatic carbocycles. The van der Waals surface area contributed by atoms with Gasteiger partial charge in [-0.1, -0.05) is 57.0 Å². The fourth-order valence-electron chi connectivity index (χ4n) is 3.61. The van der Waals surface area contributed by atoms with Crippen molar-refractivity contribution in [1.82, 2.24) is 0 Å².